The van der Waals surface area contributed by atoms with E-state index < -0.39 is 5.82 Å². The molecular formula is C17H21FO5. The third-order valence-corrected chi connectivity index (χ3v) is 4.37. The topological polar surface area (TPSA) is 54.0 Å². The zero-order chi connectivity index (χ0) is 16.4. The summed E-state index contributed by atoms with van der Waals surface area (Å²) >= 11 is 0. The minimum absolute atomic E-state index is 0.100. The van der Waals surface area contributed by atoms with Crippen LogP contribution in [-0.4, -0.2) is 45.4 Å². The fraction of sp³-hybridized carbons (Fsp3) is 0.588. The lowest BCUT2D eigenvalue weighted by molar-refractivity contribution is -0.153. The molecule has 1 saturated heterocycles. The molecule has 0 aromatic heterocycles. The van der Waals surface area contributed by atoms with Crippen LogP contribution in [0.2, 0.25) is 0 Å². The Morgan fingerprint density at radius 2 is 2.13 bits per heavy atom. The summed E-state index contributed by atoms with van der Waals surface area (Å²) in [4.78, 5) is 12.3. The van der Waals surface area contributed by atoms with Gasteiger partial charge in [0.2, 0.25) is 0 Å². The average molecular weight is 324 g/mol. The van der Waals surface area contributed by atoms with Crippen molar-refractivity contribution in [3.8, 4) is 11.5 Å². The SMILES string of the molecule is COCCCOc1cc2c(cc1F)C(=O)CC(C1(C)COC1)O2. The van der Waals surface area contributed by atoms with Crippen LogP contribution in [0.3, 0.4) is 0 Å². The Kier molecular flexibility index (Phi) is 4.55. The standard InChI is InChI=1S/C17H21FO5/c1-17(9-21-10-17)16-7-13(19)11-6-12(18)15(8-14(11)23-16)22-5-3-4-20-2/h6,8,16H,3-5,7,9-10H2,1-2H3. The number of carbonyl (C=O) groups excluding carboxylic acids is 1. The zero-order valence-electron chi connectivity index (χ0n) is 13.4. The van der Waals surface area contributed by atoms with E-state index in [0.717, 1.165) is 0 Å². The Bertz CT molecular complexity index is 597. The summed E-state index contributed by atoms with van der Waals surface area (Å²) in [6, 6.07) is 2.68. The van der Waals surface area contributed by atoms with E-state index in [1.54, 1.807) is 7.11 Å². The molecule has 23 heavy (non-hydrogen) atoms. The number of methoxy groups -OCH3 is 1. The first kappa shape index (κ1) is 16.2. The molecule has 1 fully saturated rings. The van der Waals surface area contributed by atoms with Crippen molar-refractivity contribution in [2.75, 3.05) is 33.5 Å². The molecule has 0 N–H and O–H groups in total. The predicted molar refractivity (Wildman–Crippen MR) is 80.7 cm³/mol. The summed E-state index contributed by atoms with van der Waals surface area (Å²) in [5.74, 6) is -0.158. The Morgan fingerprint density at radius 3 is 2.78 bits per heavy atom. The van der Waals surface area contributed by atoms with Crippen molar-refractivity contribution in [1.82, 2.24) is 0 Å². The fourth-order valence-electron chi connectivity index (χ4n) is 2.82. The smallest absolute Gasteiger partial charge is 0.170 e. The first-order valence-electron chi connectivity index (χ1n) is 7.76. The van der Waals surface area contributed by atoms with Gasteiger partial charge < -0.3 is 18.9 Å². The molecule has 1 aromatic carbocycles. The van der Waals surface area contributed by atoms with Gasteiger partial charge in [0.05, 0.1) is 30.8 Å². The third kappa shape index (κ3) is 3.19. The maximum Gasteiger partial charge on any atom is 0.170 e. The van der Waals surface area contributed by atoms with Crippen LogP contribution in [-0.2, 0) is 9.47 Å². The molecule has 2 heterocycles. The predicted octanol–water partition coefficient (Wildman–Crippen LogP) is 2.61. The number of ketones is 1. The van der Waals surface area contributed by atoms with Gasteiger partial charge in [-0.25, -0.2) is 4.39 Å². The number of hydrogen-bond donors (Lipinski definition) is 0. The van der Waals surface area contributed by atoms with Crippen molar-refractivity contribution < 1.29 is 28.1 Å². The highest BCUT2D eigenvalue weighted by Gasteiger charge is 2.46. The first-order chi connectivity index (χ1) is 11.0. The van der Waals surface area contributed by atoms with Crippen molar-refractivity contribution in [3.05, 3.63) is 23.5 Å². The molecular weight excluding hydrogens is 303 g/mol. The lowest BCUT2D eigenvalue weighted by Gasteiger charge is -2.45. The first-order valence-corrected chi connectivity index (χ1v) is 7.76. The molecule has 0 radical (unpaired) electrons. The van der Waals surface area contributed by atoms with E-state index in [4.69, 9.17) is 18.9 Å². The maximum atomic E-state index is 14.1. The molecule has 0 amide bonds. The zero-order valence-corrected chi connectivity index (χ0v) is 13.4. The maximum absolute atomic E-state index is 14.1. The number of benzene rings is 1. The van der Waals surface area contributed by atoms with Gasteiger partial charge in [-0.1, -0.05) is 6.92 Å². The van der Waals surface area contributed by atoms with Crippen molar-refractivity contribution in [2.45, 2.75) is 25.9 Å². The molecule has 1 unspecified atom stereocenters. The minimum atomic E-state index is -0.547. The van der Waals surface area contributed by atoms with Gasteiger partial charge in [0.15, 0.2) is 17.3 Å². The summed E-state index contributed by atoms with van der Waals surface area (Å²) in [6.45, 7) is 4.06. The van der Waals surface area contributed by atoms with Crippen molar-refractivity contribution in [1.29, 1.82) is 0 Å². The number of Topliss-reactive ketones (excluding diaryl/α,β-unsaturated/α-hetero) is 1. The second kappa shape index (κ2) is 6.45. The fourth-order valence-corrected chi connectivity index (χ4v) is 2.82. The third-order valence-electron chi connectivity index (χ3n) is 4.37. The van der Waals surface area contributed by atoms with Gasteiger partial charge in [-0.2, -0.15) is 0 Å². The van der Waals surface area contributed by atoms with Gasteiger partial charge in [-0.15, -0.1) is 0 Å². The summed E-state index contributed by atoms with van der Waals surface area (Å²) in [6.07, 6.45) is 0.661. The van der Waals surface area contributed by atoms with E-state index >= 15 is 0 Å². The van der Waals surface area contributed by atoms with Gasteiger partial charge in [0.1, 0.15) is 11.9 Å². The molecule has 126 valence electrons. The minimum Gasteiger partial charge on any atom is -0.490 e. The van der Waals surface area contributed by atoms with Gasteiger partial charge >= 0.3 is 0 Å². The Balaban J connectivity index is 1.77. The van der Waals surface area contributed by atoms with Crippen LogP contribution in [0, 0.1) is 11.2 Å². The van der Waals surface area contributed by atoms with Crippen LogP contribution in [0.1, 0.15) is 30.1 Å². The Hall–Kier alpha value is -1.66. The molecule has 0 spiro atoms. The Morgan fingerprint density at radius 1 is 1.35 bits per heavy atom. The summed E-state index contributed by atoms with van der Waals surface area (Å²) in [5, 5.41) is 0. The van der Waals surface area contributed by atoms with Gasteiger partial charge in [0, 0.05) is 32.6 Å². The lowest BCUT2D eigenvalue weighted by Crippen LogP contribution is -2.53. The summed E-state index contributed by atoms with van der Waals surface area (Å²) < 4.78 is 35.7. The number of halogens is 1. The van der Waals surface area contributed by atoms with Crippen LogP contribution >= 0.6 is 0 Å². The lowest BCUT2D eigenvalue weighted by atomic mass is 9.78. The average Bonchev–Trinajstić information content (AvgIpc) is 2.50. The number of ether oxygens (including phenoxy) is 4. The van der Waals surface area contributed by atoms with E-state index in [1.165, 1.54) is 12.1 Å². The van der Waals surface area contributed by atoms with Gasteiger partial charge in [0.25, 0.3) is 0 Å². The largest absolute Gasteiger partial charge is 0.490 e. The summed E-state index contributed by atoms with van der Waals surface area (Å²) in [7, 11) is 1.60. The molecule has 3 rings (SSSR count). The summed E-state index contributed by atoms with van der Waals surface area (Å²) in [5.41, 5.74) is 0.119. The second-order valence-electron chi connectivity index (χ2n) is 6.35. The molecule has 0 saturated carbocycles. The molecule has 0 aliphatic carbocycles. The molecule has 6 heteroatoms. The van der Waals surface area contributed by atoms with Crippen LogP contribution < -0.4 is 9.47 Å². The number of rotatable bonds is 6. The van der Waals surface area contributed by atoms with Crippen molar-refractivity contribution in [2.24, 2.45) is 5.41 Å². The van der Waals surface area contributed by atoms with Crippen LogP contribution in [0.15, 0.2) is 12.1 Å². The normalized spacial score (nSPS) is 22.0. The molecule has 2 aliphatic heterocycles. The quantitative estimate of drug-likeness (QED) is 0.753. The number of carbonyl (C=O) groups is 1. The van der Waals surface area contributed by atoms with Crippen LogP contribution in [0.25, 0.3) is 0 Å². The van der Waals surface area contributed by atoms with Crippen LogP contribution in [0.5, 0.6) is 11.5 Å². The molecule has 0 bridgehead atoms. The van der Waals surface area contributed by atoms with Gasteiger partial charge in [-0.3, -0.25) is 4.79 Å². The molecule has 1 atom stereocenters. The van der Waals surface area contributed by atoms with E-state index in [0.29, 0.717) is 38.6 Å². The van der Waals surface area contributed by atoms with E-state index in [9.17, 15) is 9.18 Å². The Labute approximate surface area is 134 Å². The van der Waals surface area contributed by atoms with Gasteiger partial charge in [-0.05, 0) is 6.07 Å². The highest BCUT2D eigenvalue weighted by molar-refractivity contribution is 6.00. The second-order valence-corrected chi connectivity index (χ2v) is 6.35. The number of fused-ring (bicyclic) bond motifs is 1. The van der Waals surface area contributed by atoms with E-state index in [-0.39, 0.29) is 35.0 Å². The van der Waals surface area contributed by atoms with E-state index in [1.807, 2.05) is 6.92 Å². The van der Waals surface area contributed by atoms with Crippen LogP contribution in [0.4, 0.5) is 4.39 Å². The number of hydrogen-bond acceptors (Lipinski definition) is 5. The van der Waals surface area contributed by atoms with Crippen molar-refractivity contribution in [3.63, 3.8) is 0 Å². The van der Waals surface area contributed by atoms with E-state index in [2.05, 4.69) is 0 Å². The monoisotopic (exact) mass is 324 g/mol. The molecule has 5 nitrogen and oxygen atoms in total. The molecule has 2 aliphatic rings. The molecule has 1 aromatic rings. The highest BCUT2D eigenvalue weighted by atomic mass is 19.1. The highest BCUT2D eigenvalue weighted by Crippen LogP contribution is 2.41. The van der Waals surface area contributed by atoms with Crippen molar-refractivity contribution >= 4 is 5.78 Å².